The summed E-state index contributed by atoms with van der Waals surface area (Å²) < 4.78 is 0. The van der Waals surface area contributed by atoms with Crippen LogP contribution in [0.3, 0.4) is 0 Å². The quantitative estimate of drug-likeness (QED) is 0.381. The monoisotopic (exact) mass is 408 g/mol. The molecule has 0 aliphatic rings. The molecular formula is C25H20N4S. The van der Waals surface area contributed by atoms with E-state index in [2.05, 4.69) is 47.5 Å². The van der Waals surface area contributed by atoms with E-state index < -0.39 is 0 Å². The summed E-state index contributed by atoms with van der Waals surface area (Å²) in [5, 5.41) is 18.7. The normalized spacial score (nSPS) is 11.6. The van der Waals surface area contributed by atoms with E-state index in [-0.39, 0.29) is 5.25 Å². The van der Waals surface area contributed by atoms with Crippen molar-refractivity contribution in [3.05, 3.63) is 96.1 Å². The van der Waals surface area contributed by atoms with Crippen molar-refractivity contribution in [1.29, 1.82) is 5.26 Å². The topological polar surface area (TPSA) is 62.5 Å². The van der Waals surface area contributed by atoms with E-state index in [0.717, 1.165) is 28.1 Å². The van der Waals surface area contributed by atoms with Gasteiger partial charge in [-0.1, -0.05) is 102 Å². The zero-order valence-corrected chi connectivity index (χ0v) is 17.4. The second-order valence-corrected chi connectivity index (χ2v) is 8.12. The molecule has 0 radical (unpaired) electrons. The van der Waals surface area contributed by atoms with Gasteiger partial charge in [0.05, 0.1) is 6.07 Å². The molecule has 5 heteroatoms. The Labute approximate surface area is 180 Å². The Morgan fingerprint density at radius 2 is 1.40 bits per heavy atom. The molecule has 0 bridgehead atoms. The minimum atomic E-state index is -0.291. The largest absolute Gasteiger partial charge is 0.219 e. The fourth-order valence-electron chi connectivity index (χ4n) is 3.13. The number of thioether (sulfide) groups is 1. The van der Waals surface area contributed by atoms with Crippen molar-refractivity contribution >= 4 is 11.8 Å². The molecule has 0 fully saturated rings. The van der Waals surface area contributed by atoms with E-state index in [0.29, 0.717) is 11.6 Å². The van der Waals surface area contributed by atoms with Gasteiger partial charge in [0.2, 0.25) is 5.16 Å². The Bertz CT molecular complexity index is 1150. The number of nitriles is 1. The van der Waals surface area contributed by atoms with Crippen LogP contribution in [-0.2, 0) is 6.42 Å². The van der Waals surface area contributed by atoms with Crippen LogP contribution in [0.2, 0.25) is 0 Å². The van der Waals surface area contributed by atoms with Gasteiger partial charge in [-0.3, -0.25) is 0 Å². The minimum absolute atomic E-state index is 0.291. The van der Waals surface area contributed by atoms with Gasteiger partial charge in [0.1, 0.15) is 16.6 Å². The molecule has 4 nitrogen and oxygen atoms in total. The van der Waals surface area contributed by atoms with Crippen molar-refractivity contribution in [3.63, 3.8) is 0 Å². The highest BCUT2D eigenvalue weighted by Crippen LogP contribution is 2.31. The molecule has 0 unspecified atom stereocenters. The lowest BCUT2D eigenvalue weighted by Gasteiger charge is -2.11. The van der Waals surface area contributed by atoms with Crippen LogP contribution in [-0.4, -0.2) is 20.4 Å². The maximum Gasteiger partial charge on any atom is 0.210 e. The van der Waals surface area contributed by atoms with E-state index in [1.807, 2.05) is 60.7 Å². The van der Waals surface area contributed by atoms with Crippen molar-refractivity contribution in [2.24, 2.45) is 0 Å². The molecule has 4 rings (SSSR count). The van der Waals surface area contributed by atoms with Crippen LogP contribution in [0, 0.1) is 18.3 Å². The molecule has 146 valence electrons. The predicted octanol–water partition coefficient (Wildman–Crippen LogP) is 5.74. The van der Waals surface area contributed by atoms with Crippen LogP contribution >= 0.6 is 11.8 Å². The zero-order valence-electron chi connectivity index (χ0n) is 16.6. The summed E-state index contributed by atoms with van der Waals surface area (Å²) in [6.45, 7) is 2.05. The lowest BCUT2D eigenvalue weighted by molar-refractivity contribution is 0.845. The highest BCUT2D eigenvalue weighted by Gasteiger charge is 2.17. The third kappa shape index (κ3) is 4.73. The summed E-state index contributed by atoms with van der Waals surface area (Å²) in [4.78, 5) is 4.80. The Morgan fingerprint density at radius 3 is 2.00 bits per heavy atom. The third-order valence-electron chi connectivity index (χ3n) is 4.70. The Hall–Kier alpha value is -3.49. The molecule has 3 aromatic carbocycles. The average Bonchev–Trinajstić information content (AvgIpc) is 2.81. The molecule has 0 spiro atoms. The molecule has 1 heterocycles. The number of hydrogen-bond acceptors (Lipinski definition) is 5. The fraction of sp³-hybridized carbons (Fsp3) is 0.120. The molecule has 0 N–H and O–H groups in total. The second-order valence-electron chi connectivity index (χ2n) is 6.95. The third-order valence-corrected chi connectivity index (χ3v) is 5.64. The number of aryl methyl sites for hydroxylation is 1. The molecule has 1 atom stereocenters. The number of benzene rings is 3. The lowest BCUT2D eigenvalue weighted by Crippen LogP contribution is -2.07. The molecule has 0 aliphatic heterocycles. The highest BCUT2D eigenvalue weighted by molar-refractivity contribution is 8.00. The number of hydrogen-bond donors (Lipinski definition) is 0. The van der Waals surface area contributed by atoms with Crippen LogP contribution in [0.15, 0.2) is 90.1 Å². The molecule has 0 amide bonds. The van der Waals surface area contributed by atoms with Gasteiger partial charge in [0, 0.05) is 11.1 Å². The van der Waals surface area contributed by atoms with Crippen molar-refractivity contribution in [3.8, 4) is 28.6 Å². The molecule has 0 aliphatic carbocycles. The van der Waals surface area contributed by atoms with E-state index in [4.69, 9.17) is 4.98 Å². The van der Waals surface area contributed by atoms with E-state index in [9.17, 15) is 5.26 Å². The van der Waals surface area contributed by atoms with Crippen LogP contribution < -0.4 is 0 Å². The first kappa shape index (κ1) is 19.8. The average molecular weight is 409 g/mol. The Balaban J connectivity index is 1.65. The number of nitrogens with zero attached hydrogens (tertiary/aromatic N) is 4. The highest BCUT2D eigenvalue weighted by atomic mass is 32.2. The summed E-state index contributed by atoms with van der Waals surface area (Å²) in [5.74, 6) is 0. The smallest absolute Gasteiger partial charge is 0.210 e. The first-order chi connectivity index (χ1) is 14.7. The van der Waals surface area contributed by atoms with Gasteiger partial charge in [-0.25, -0.2) is 4.98 Å². The maximum absolute atomic E-state index is 9.68. The molecule has 1 aromatic heterocycles. The van der Waals surface area contributed by atoms with Gasteiger partial charge in [-0.2, -0.15) is 5.26 Å². The summed E-state index contributed by atoms with van der Waals surface area (Å²) in [6.07, 6.45) is 0.631. The van der Waals surface area contributed by atoms with Crippen LogP contribution in [0.1, 0.15) is 11.1 Å². The van der Waals surface area contributed by atoms with E-state index in [1.165, 1.54) is 17.3 Å². The maximum atomic E-state index is 9.68. The summed E-state index contributed by atoms with van der Waals surface area (Å²) >= 11 is 1.35. The van der Waals surface area contributed by atoms with Gasteiger partial charge < -0.3 is 0 Å². The van der Waals surface area contributed by atoms with Crippen LogP contribution in [0.25, 0.3) is 22.5 Å². The minimum Gasteiger partial charge on any atom is -0.219 e. The standard InChI is InChI=1S/C25H20N4S/c1-18-12-14-19(15-13-18)16-22(17-26)30-25-27-23(20-8-4-2-5-9-20)24(28-29-25)21-10-6-3-7-11-21/h2-15,22H,16H2,1H3/t22-/m0/s1. The van der Waals surface area contributed by atoms with Crippen LogP contribution in [0.4, 0.5) is 0 Å². The van der Waals surface area contributed by atoms with Crippen molar-refractivity contribution in [2.75, 3.05) is 0 Å². The van der Waals surface area contributed by atoms with Gasteiger partial charge in [-0.15, -0.1) is 10.2 Å². The number of aromatic nitrogens is 3. The van der Waals surface area contributed by atoms with Gasteiger partial charge >= 0.3 is 0 Å². The predicted molar refractivity (Wildman–Crippen MR) is 121 cm³/mol. The summed E-state index contributed by atoms with van der Waals surface area (Å²) in [6, 6.07) is 30.5. The molecule has 0 saturated carbocycles. The van der Waals surface area contributed by atoms with Crippen molar-refractivity contribution in [1.82, 2.24) is 15.2 Å². The van der Waals surface area contributed by atoms with Gasteiger partial charge in [-0.05, 0) is 18.9 Å². The fourth-order valence-corrected chi connectivity index (χ4v) is 3.94. The molecule has 30 heavy (non-hydrogen) atoms. The number of rotatable bonds is 6. The first-order valence-corrected chi connectivity index (χ1v) is 10.6. The molecule has 0 saturated heterocycles. The van der Waals surface area contributed by atoms with Gasteiger partial charge in [0.15, 0.2) is 0 Å². The first-order valence-electron chi connectivity index (χ1n) is 9.70. The van der Waals surface area contributed by atoms with Gasteiger partial charge in [0.25, 0.3) is 0 Å². The Kier molecular flexibility index (Phi) is 6.17. The van der Waals surface area contributed by atoms with Crippen LogP contribution in [0.5, 0.6) is 0 Å². The second kappa shape index (κ2) is 9.34. The lowest BCUT2D eigenvalue weighted by atomic mass is 10.0. The van der Waals surface area contributed by atoms with E-state index >= 15 is 0 Å². The van der Waals surface area contributed by atoms with E-state index in [1.54, 1.807) is 0 Å². The SMILES string of the molecule is Cc1ccc(C[C@@H](C#N)Sc2nnc(-c3ccccc3)c(-c3ccccc3)n2)cc1. The zero-order chi connectivity index (χ0) is 20.8. The molecule has 4 aromatic rings. The summed E-state index contributed by atoms with van der Waals surface area (Å²) in [5.41, 5.74) is 5.77. The van der Waals surface area contributed by atoms with Crippen molar-refractivity contribution < 1.29 is 0 Å². The summed E-state index contributed by atoms with van der Waals surface area (Å²) in [7, 11) is 0. The molecular weight excluding hydrogens is 388 g/mol. The Morgan fingerprint density at radius 1 is 0.800 bits per heavy atom. The van der Waals surface area contributed by atoms with Crippen molar-refractivity contribution in [2.45, 2.75) is 23.8 Å².